The Labute approximate surface area is 196 Å². The summed E-state index contributed by atoms with van der Waals surface area (Å²) >= 11 is 0. The molecule has 0 saturated carbocycles. The van der Waals surface area contributed by atoms with Crippen molar-refractivity contribution in [2.75, 3.05) is 5.32 Å². The van der Waals surface area contributed by atoms with E-state index in [1.54, 1.807) is 24.0 Å². The molecule has 9 heteroatoms. The SMILES string of the molecule is C#Cc1cc(C)n(-c2cc(C(C)O)cc(-n3cnc4ccc(Nc5ccc(C)nn5)cc43)n2)n1. The normalized spacial score (nSPS) is 12.0. The molecule has 0 saturated heterocycles. The lowest BCUT2D eigenvalue weighted by Gasteiger charge is -2.13. The van der Waals surface area contributed by atoms with Crippen molar-refractivity contribution in [1.82, 2.24) is 34.5 Å². The van der Waals surface area contributed by atoms with Crippen LogP contribution in [0.3, 0.4) is 0 Å². The molecule has 0 radical (unpaired) electrons. The minimum Gasteiger partial charge on any atom is -0.389 e. The highest BCUT2D eigenvalue weighted by Gasteiger charge is 2.15. The Morgan fingerprint density at radius 3 is 2.56 bits per heavy atom. The smallest absolute Gasteiger partial charge is 0.156 e. The molecule has 5 aromatic rings. The number of benzene rings is 1. The molecule has 0 spiro atoms. The quantitative estimate of drug-likeness (QED) is 0.392. The number of fused-ring (bicyclic) bond motifs is 1. The van der Waals surface area contributed by atoms with Crippen LogP contribution in [-0.4, -0.2) is 39.6 Å². The van der Waals surface area contributed by atoms with E-state index in [0.29, 0.717) is 28.7 Å². The van der Waals surface area contributed by atoms with Crippen LogP contribution in [0.15, 0.2) is 54.9 Å². The molecule has 0 amide bonds. The average Bonchev–Trinajstić information content (AvgIpc) is 3.43. The van der Waals surface area contributed by atoms with E-state index in [1.807, 2.05) is 60.9 Å². The standard InChI is InChI=1S/C25H22N8O/c1-5-19-10-16(3)33(31-19)25-12-18(17(4)34)11-24(28-25)32-14-26-21-8-7-20(13-22(21)32)27-23-9-6-15(2)29-30-23/h1,6-14,17,34H,2-4H3,(H,27,30). The third kappa shape index (κ3) is 3.98. The summed E-state index contributed by atoms with van der Waals surface area (Å²) in [5, 5.41) is 26.3. The van der Waals surface area contributed by atoms with E-state index >= 15 is 0 Å². The van der Waals surface area contributed by atoms with Gasteiger partial charge in [0.1, 0.15) is 17.8 Å². The van der Waals surface area contributed by atoms with Gasteiger partial charge in [-0.15, -0.1) is 11.5 Å². The van der Waals surface area contributed by atoms with Crippen LogP contribution in [0.5, 0.6) is 0 Å². The highest BCUT2D eigenvalue weighted by Crippen LogP contribution is 2.26. The zero-order valence-electron chi connectivity index (χ0n) is 18.9. The summed E-state index contributed by atoms with van der Waals surface area (Å²) in [6.07, 6.45) is 6.53. The van der Waals surface area contributed by atoms with Gasteiger partial charge in [-0.2, -0.15) is 10.2 Å². The number of hydrogen-bond acceptors (Lipinski definition) is 7. The van der Waals surface area contributed by atoms with Crippen molar-refractivity contribution < 1.29 is 5.11 Å². The number of anilines is 2. The van der Waals surface area contributed by atoms with Gasteiger partial charge in [0, 0.05) is 11.4 Å². The van der Waals surface area contributed by atoms with Crippen LogP contribution in [0.2, 0.25) is 0 Å². The Balaban J connectivity index is 1.61. The fourth-order valence-electron chi connectivity index (χ4n) is 3.65. The molecule has 4 heterocycles. The maximum absolute atomic E-state index is 10.3. The predicted octanol–water partition coefficient (Wildman–Crippen LogP) is 3.79. The zero-order chi connectivity index (χ0) is 23.8. The third-order valence-electron chi connectivity index (χ3n) is 5.42. The van der Waals surface area contributed by atoms with Gasteiger partial charge in [-0.1, -0.05) is 0 Å². The Morgan fingerprint density at radius 1 is 1.03 bits per heavy atom. The van der Waals surface area contributed by atoms with E-state index in [2.05, 4.69) is 31.5 Å². The number of aliphatic hydroxyl groups is 1. The molecule has 5 rings (SSSR count). The number of aliphatic hydroxyl groups excluding tert-OH is 1. The number of terminal acetylenes is 1. The maximum Gasteiger partial charge on any atom is 0.156 e. The van der Waals surface area contributed by atoms with Crippen LogP contribution >= 0.6 is 0 Å². The lowest BCUT2D eigenvalue weighted by molar-refractivity contribution is 0.199. The molecule has 0 bridgehead atoms. The van der Waals surface area contributed by atoms with Crippen molar-refractivity contribution in [2.45, 2.75) is 26.9 Å². The van der Waals surface area contributed by atoms with E-state index in [-0.39, 0.29) is 0 Å². The van der Waals surface area contributed by atoms with Crippen LogP contribution < -0.4 is 5.32 Å². The van der Waals surface area contributed by atoms with Crippen LogP contribution in [0.1, 0.15) is 35.7 Å². The van der Waals surface area contributed by atoms with Gasteiger partial charge < -0.3 is 10.4 Å². The first-order valence-electron chi connectivity index (χ1n) is 10.7. The topological polar surface area (TPSA) is 107 Å². The summed E-state index contributed by atoms with van der Waals surface area (Å²) in [6, 6.07) is 15.0. The van der Waals surface area contributed by atoms with Crippen molar-refractivity contribution in [3.8, 4) is 24.0 Å². The van der Waals surface area contributed by atoms with Crippen molar-refractivity contribution in [1.29, 1.82) is 0 Å². The average molecular weight is 451 g/mol. The molecule has 2 N–H and O–H groups in total. The summed E-state index contributed by atoms with van der Waals surface area (Å²) in [4.78, 5) is 9.33. The minimum atomic E-state index is -0.699. The zero-order valence-corrected chi connectivity index (χ0v) is 18.9. The van der Waals surface area contributed by atoms with E-state index in [0.717, 1.165) is 28.1 Å². The van der Waals surface area contributed by atoms with Gasteiger partial charge in [0.2, 0.25) is 0 Å². The first-order chi connectivity index (χ1) is 16.4. The minimum absolute atomic E-state index is 0.520. The summed E-state index contributed by atoms with van der Waals surface area (Å²) < 4.78 is 3.55. The highest BCUT2D eigenvalue weighted by molar-refractivity contribution is 5.82. The van der Waals surface area contributed by atoms with E-state index < -0.39 is 6.10 Å². The second-order valence-electron chi connectivity index (χ2n) is 8.02. The number of aromatic nitrogens is 7. The lowest BCUT2D eigenvalue weighted by Crippen LogP contribution is -2.08. The van der Waals surface area contributed by atoms with E-state index in [1.165, 1.54) is 0 Å². The molecule has 4 aromatic heterocycles. The second-order valence-corrected chi connectivity index (χ2v) is 8.02. The number of hydrogen-bond donors (Lipinski definition) is 2. The van der Waals surface area contributed by atoms with Crippen LogP contribution in [0, 0.1) is 26.2 Å². The predicted molar refractivity (Wildman–Crippen MR) is 129 cm³/mol. The summed E-state index contributed by atoms with van der Waals surface area (Å²) in [6.45, 7) is 5.51. The van der Waals surface area contributed by atoms with Crippen molar-refractivity contribution >= 4 is 22.5 Å². The van der Waals surface area contributed by atoms with E-state index in [9.17, 15) is 5.11 Å². The van der Waals surface area contributed by atoms with Gasteiger partial charge in [-0.05, 0) is 80.8 Å². The number of pyridine rings is 1. The van der Waals surface area contributed by atoms with Crippen molar-refractivity contribution in [3.63, 3.8) is 0 Å². The Hall–Kier alpha value is -4.55. The van der Waals surface area contributed by atoms with Crippen LogP contribution in [0.4, 0.5) is 11.5 Å². The number of nitrogens with one attached hydrogen (secondary N) is 1. The molecular weight excluding hydrogens is 428 g/mol. The molecule has 0 aliphatic heterocycles. The largest absolute Gasteiger partial charge is 0.389 e. The van der Waals surface area contributed by atoms with Crippen molar-refractivity contribution in [3.05, 3.63) is 77.5 Å². The Bertz CT molecular complexity index is 1540. The van der Waals surface area contributed by atoms with Gasteiger partial charge in [0.15, 0.2) is 11.6 Å². The Kier molecular flexibility index (Phi) is 5.28. The fraction of sp³-hybridized carbons (Fsp3) is 0.160. The van der Waals surface area contributed by atoms with Crippen molar-refractivity contribution in [2.24, 2.45) is 0 Å². The summed E-state index contributed by atoms with van der Waals surface area (Å²) in [5.74, 6) is 4.35. The second kappa shape index (κ2) is 8.42. The molecule has 1 unspecified atom stereocenters. The summed E-state index contributed by atoms with van der Waals surface area (Å²) in [5.41, 5.74) is 5.38. The Morgan fingerprint density at radius 2 is 1.85 bits per heavy atom. The monoisotopic (exact) mass is 450 g/mol. The van der Waals surface area contributed by atoms with Crippen LogP contribution in [-0.2, 0) is 0 Å². The highest BCUT2D eigenvalue weighted by atomic mass is 16.3. The third-order valence-corrected chi connectivity index (χ3v) is 5.42. The lowest BCUT2D eigenvalue weighted by atomic mass is 10.1. The molecule has 9 nitrogen and oxygen atoms in total. The number of nitrogens with zero attached hydrogens (tertiary/aromatic N) is 7. The molecule has 34 heavy (non-hydrogen) atoms. The van der Waals surface area contributed by atoms with Gasteiger partial charge in [-0.25, -0.2) is 14.6 Å². The molecule has 0 aliphatic carbocycles. The maximum atomic E-state index is 10.3. The van der Waals surface area contributed by atoms with Gasteiger partial charge in [0.05, 0.1) is 22.8 Å². The number of aryl methyl sites for hydroxylation is 2. The number of rotatable bonds is 5. The first-order valence-corrected chi connectivity index (χ1v) is 10.7. The van der Waals surface area contributed by atoms with Gasteiger partial charge in [-0.3, -0.25) is 4.57 Å². The first kappa shape index (κ1) is 21.3. The molecule has 0 aliphatic rings. The molecule has 1 atom stereocenters. The van der Waals surface area contributed by atoms with E-state index in [4.69, 9.17) is 11.4 Å². The number of imidazole rings is 1. The molecular formula is C25H22N8O. The molecule has 0 fully saturated rings. The molecule has 1 aromatic carbocycles. The van der Waals surface area contributed by atoms with Crippen LogP contribution in [0.25, 0.3) is 22.7 Å². The van der Waals surface area contributed by atoms with Gasteiger partial charge in [0.25, 0.3) is 0 Å². The van der Waals surface area contributed by atoms with Gasteiger partial charge >= 0.3 is 0 Å². The molecule has 168 valence electrons. The fourth-order valence-corrected chi connectivity index (χ4v) is 3.65. The summed E-state index contributed by atoms with van der Waals surface area (Å²) in [7, 11) is 0.